The van der Waals surface area contributed by atoms with E-state index in [2.05, 4.69) is 20.3 Å². The molecule has 0 bridgehead atoms. The molecule has 1 aromatic carbocycles. The van der Waals surface area contributed by atoms with Crippen molar-refractivity contribution < 1.29 is 24.0 Å². The van der Waals surface area contributed by atoms with Gasteiger partial charge >= 0.3 is 13.2 Å². The number of nitrogens with one attached hydrogen (secondary N) is 1. The zero-order valence-electron chi connectivity index (χ0n) is 11.3. The molecule has 3 N–H and O–H groups in total. The number of hydrogen-bond acceptors (Lipinski definition) is 7. The summed E-state index contributed by atoms with van der Waals surface area (Å²) < 4.78 is 9.88. The third kappa shape index (κ3) is 4.04. The Morgan fingerprint density at radius 3 is 2.67 bits per heavy atom. The van der Waals surface area contributed by atoms with Gasteiger partial charge in [0.15, 0.2) is 0 Å². The number of alkyl carbamates (subject to hydrolysis) is 1. The van der Waals surface area contributed by atoms with E-state index in [-0.39, 0.29) is 0 Å². The van der Waals surface area contributed by atoms with Gasteiger partial charge in [-0.1, -0.05) is 12.1 Å². The van der Waals surface area contributed by atoms with Gasteiger partial charge in [-0.15, -0.1) is 10.2 Å². The van der Waals surface area contributed by atoms with E-state index in [1.807, 2.05) is 0 Å². The molecular formula is C12H14BN3O5. The predicted molar refractivity (Wildman–Crippen MR) is 73.7 cm³/mol. The van der Waals surface area contributed by atoms with E-state index in [1.54, 1.807) is 24.3 Å². The van der Waals surface area contributed by atoms with Crippen molar-refractivity contribution in [1.82, 2.24) is 15.5 Å². The Hall–Kier alpha value is -2.39. The number of ether oxygens (including phenoxy) is 1. The molecule has 9 heteroatoms. The highest BCUT2D eigenvalue weighted by Crippen LogP contribution is 2.16. The summed E-state index contributed by atoms with van der Waals surface area (Å²) in [6, 6.07) is 6.42. The molecule has 0 aliphatic carbocycles. The van der Waals surface area contributed by atoms with Crippen molar-refractivity contribution in [3.8, 4) is 11.5 Å². The quantitative estimate of drug-likeness (QED) is 0.624. The van der Waals surface area contributed by atoms with Crippen LogP contribution in [0, 0.1) is 0 Å². The Morgan fingerprint density at radius 2 is 2.05 bits per heavy atom. The number of carbonyl (C=O) groups is 1. The average molecular weight is 291 g/mol. The Morgan fingerprint density at radius 1 is 1.33 bits per heavy atom. The summed E-state index contributed by atoms with van der Waals surface area (Å²) in [6.45, 7) is 0.323. The molecule has 0 saturated heterocycles. The van der Waals surface area contributed by atoms with Crippen LogP contribution in [0.15, 0.2) is 28.7 Å². The first-order valence-corrected chi connectivity index (χ1v) is 6.21. The SMILES string of the molecule is COC(=O)NCCc1nnc(-c2ccc(B(O)O)cc2)o1. The van der Waals surface area contributed by atoms with Gasteiger partial charge in [-0.2, -0.15) is 0 Å². The largest absolute Gasteiger partial charge is 0.488 e. The molecule has 1 heterocycles. The smallest absolute Gasteiger partial charge is 0.453 e. The lowest BCUT2D eigenvalue weighted by molar-refractivity contribution is 0.171. The Balaban J connectivity index is 1.97. The summed E-state index contributed by atoms with van der Waals surface area (Å²) in [5.74, 6) is 0.703. The molecule has 0 unspecified atom stereocenters. The maximum absolute atomic E-state index is 10.9. The minimum Gasteiger partial charge on any atom is -0.453 e. The van der Waals surface area contributed by atoms with Gasteiger partial charge in [-0.3, -0.25) is 0 Å². The number of methoxy groups -OCH3 is 1. The van der Waals surface area contributed by atoms with Crippen LogP contribution in [-0.2, 0) is 11.2 Å². The first kappa shape index (κ1) is 15.0. The fraction of sp³-hybridized carbons (Fsp3) is 0.250. The summed E-state index contributed by atoms with van der Waals surface area (Å²) in [5.41, 5.74) is 1.04. The second-order valence-electron chi connectivity index (χ2n) is 4.16. The van der Waals surface area contributed by atoms with Crippen molar-refractivity contribution in [1.29, 1.82) is 0 Å². The van der Waals surface area contributed by atoms with Gasteiger partial charge in [0.05, 0.1) is 7.11 Å². The molecule has 0 aliphatic heterocycles. The van der Waals surface area contributed by atoms with Gasteiger partial charge in [-0.05, 0) is 17.6 Å². The fourth-order valence-corrected chi connectivity index (χ4v) is 1.61. The highest BCUT2D eigenvalue weighted by molar-refractivity contribution is 6.58. The molecule has 2 rings (SSSR count). The van der Waals surface area contributed by atoms with Gasteiger partial charge in [0.2, 0.25) is 11.8 Å². The van der Waals surface area contributed by atoms with Gasteiger partial charge in [0.25, 0.3) is 0 Å². The molecule has 0 spiro atoms. The fourth-order valence-electron chi connectivity index (χ4n) is 1.61. The summed E-state index contributed by atoms with van der Waals surface area (Å²) in [4.78, 5) is 10.9. The van der Waals surface area contributed by atoms with Crippen LogP contribution in [0.4, 0.5) is 4.79 Å². The zero-order chi connectivity index (χ0) is 15.2. The average Bonchev–Trinajstić information content (AvgIpc) is 2.96. The maximum Gasteiger partial charge on any atom is 0.488 e. The summed E-state index contributed by atoms with van der Waals surface area (Å²) >= 11 is 0. The van der Waals surface area contributed by atoms with Crippen molar-refractivity contribution in [3.63, 3.8) is 0 Å². The lowest BCUT2D eigenvalue weighted by atomic mass is 9.80. The van der Waals surface area contributed by atoms with E-state index in [4.69, 9.17) is 14.5 Å². The molecule has 0 radical (unpaired) electrons. The molecule has 0 fully saturated rings. The molecule has 0 atom stereocenters. The molecule has 0 saturated carbocycles. The third-order valence-corrected chi connectivity index (χ3v) is 2.72. The molecular weight excluding hydrogens is 277 g/mol. The van der Waals surface area contributed by atoms with E-state index in [0.717, 1.165) is 0 Å². The molecule has 21 heavy (non-hydrogen) atoms. The second-order valence-corrected chi connectivity index (χ2v) is 4.16. The van der Waals surface area contributed by atoms with E-state index in [1.165, 1.54) is 7.11 Å². The van der Waals surface area contributed by atoms with Crippen LogP contribution >= 0.6 is 0 Å². The molecule has 2 aromatic rings. The number of rotatable bonds is 5. The lowest BCUT2D eigenvalue weighted by Gasteiger charge is -2.00. The summed E-state index contributed by atoms with van der Waals surface area (Å²) in [7, 11) is -0.227. The van der Waals surface area contributed by atoms with Crippen LogP contribution in [0.1, 0.15) is 5.89 Å². The van der Waals surface area contributed by atoms with Gasteiger partial charge < -0.3 is 24.5 Å². The van der Waals surface area contributed by atoms with Crippen molar-refractivity contribution in [2.24, 2.45) is 0 Å². The van der Waals surface area contributed by atoms with Crippen LogP contribution in [0.2, 0.25) is 0 Å². The number of benzene rings is 1. The predicted octanol–water partition coefficient (Wildman–Crippen LogP) is -0.685. The molecule has 0 aliphatic rings. The summed E-state index contributed by atoms with van der Waals surface area (Å²) in [5, 5.41) is 28.3. The van der Waals surface area contributed by atoms with Gasteiger partial charge in [0.1, 0.15) is 0 Å². The minimum absolute atomic E-state index is 0.321. The highest BCUT2D eigenvalue weighted by atomic mass is 16.5. The molecule has 110 valence electrons. The third-order valence-electron chi connectivity index (χ3n) is 2.72. The van der Waals surface area contributed by atoms with Crippen LogP contribution < -0.4 is 10.8 Å². The van der Waals surface area contributed by atoms with E-state index >= 15 is 0 Å². The number of carbonyl (C=O) groups excluding carboxylic acids is 1. The number of nitrogens with zero attached hydrogens (tertiary/aromatic N) is 2. The summed E-state index contributed by atoms with van der Waals surface area (Å²) in [6.07, 6.45) is -0.136. The van der Waals surface area contributed by atoms with Crippen LogP contribution in [-0.4, -0.2) is 47.1 Å². The van der Waals surface area contributed by atoms with E-state index in [9.17, 15) is 4.79 Å². The van der Waals surface area contributed by atoms with Crippen molar-refractivity contribution >= 4 is 18.7 Å². The Bertz CT molecular complexity index is 599. The van der Waals surface area contributed by atoms with Crippen molar-refractivity contribution in [2.45, 2.75) is 6.42 Å². The van der Waals surface area contributed by atoms with Crippen LogP contribution in [0.5, 0.6) is 0 Å². The topological polar surface area (TPSA) is 118 Å². The van der Waals surface area contributed by atoms with E-state index in [0.29, 0.717) is 35.8 Å². The molecule has 8 nitrogen and oxygen atoms in total. The first-order chi connectivity index (χ1) is 10.1. The Labute approximate surface area is 120 Å². The van der Waals surface area contributed by atoms with E-state index < -0.39 is 13.2 Å². The molecule has 1 aromatic heterocycles. The van der Waals surface area contributed by atoms with Gasteiger partial charge in [-0.25, -0.2) is 4.79 Å². The number of amides is 1. The second kappa shape index (κ2) is 6.86. The highest BCUT2D eigenvalue weighted by Gasteiger charge is 2.13. The standard InChI is InChI=1S/C12H14BN3O5/c1-20-12(17)14-7-6-10-15-16-11(21-10)8-2-4-9(5-3-8)13(18)19/h2-5,18-19H,6-7H2,1H3,(H,14,17). The number of hydrogen-bond donors (Lipinski definition) is 3. The normalized spacial score (nSPS) is 10.2. The first-order valence-electron chi connectivity index (χ1n) is 6.21. The minimum atomic E-state index is -1.51. The lowest BCUT2D eigenvalue weighted by Crippen LogP contribution is -2.29. The van der Waals surface area contributed by atoms with Crippen LogP contribution in [0.25, 0.3) is 11.5 Å². The monoisotopic (exact) mass is 291 g/mol. The maximum atomic E-state index is 10.9. The zero-order valence-corrected chi connectivity index (χ0v) is 11.3. The van der Waals surface area contributed by atoms with Crippen molar-refractivity contribution in [2.75, 3.05) is 13.7 Å². The van der Waals surface area contributed by atoms with Crippen molar-refractivity contribution in [3.05, 3.63) is 30.2 Å². The molecule has 1 amide bonds. The van der Waals surface area contributed by atoms with Crippen LogP contribution in [0.3, 0.4) is 0 Å². The number of aromatic nitrogens is 2. The Kier molecular flexibility index (Phi) is 4.91. The van der Waals surface area contributed by atoms with Gasteiger partial charge in [0, 0.05) is 18.5 Å².